The Balaban J connectivity index is 2.43. The van der Waals surface area contributed by atoms with Crippen molar-refractivity contribution in [2.24, 2.45) is 5.73 Å². The molecule has 0 spiro atoms. The number of nitrogens with two attached hydrogens (primary N) is 1. The van der Waals surface area contributed by atoms with Crippen molar-refractivity contribution in [3.8, 4) is 0 Å². The summed E-state index contributed by atoms with van der Waals surface area (Å²) in [7, 11) is 0. The van der Waals surface area contributed by atoms with Gasteiger partial charge in [-0.2, -0.15) is 0 Å². The number of nitrogens with zero attached hydrogens (tertiary/aromatic N) is 1. The van der Waals surface area contributed by atoms with Crippen LogP contribution in [0.4, 0.5) is 4.79 Å². The van der Waals surface area contributed by atoms with Crippen LogP contribution in [0.25, 0.3) is 0 Å². The number of carbonyl (C=O) groups excluding carboxylic acids is 2. The van der Waals surface area contributed by atoms with Crippen molar-refractivity contribution in [3.05, 3.63) is 0 Å². The minimum absolute atomic E-state index is 0.164. The highest BCUT2D eigenvalue weighted by Gasteiger charge is 2.24. The van der Waals surface area contributed by atoms with Gasteiger partial charge in [-0.25, -0.2) is 4.79 Å². The molecule has 80 valence electrons. The van der Waals surface area contributed by atoms with Gasteiger partial charge in [-0.05, 0) is 0 Å². The largest absolute Gasteiger partial charge is 0.417 e. The fourth-order valence-corrected chi connectivity index (χ4v) is 1.22. The minimum Gasteiger partial charge on any atom is -0.376 e. The molecular formula is C8H14N2O4. The van der Waals surface area contributed by atoms with Gasteiger partial charge in [0.25, 0.3) is 0 Å². The van der Waals surface area contributed by atoms with E-state index in [9.17, 15) is 9.59 Å². The van der Waals surface area contributed by atoms with Crippen molar-refractivity contribution >= 4 is 12.1 Å². The summed E-state index contributed by atoms with van der Waals surface area (Å²) >= 11 is 0. The summed E-state index contributed by atoms with van der Waals surface area (Å²) in [5.74, 6) is -0.606. The lowest BCUT2D eigenvalue weighted by Crippen LogP contribution is -2.48. The molecule has 14 heavy (non-hydrogen) atoms. The molecular weight excluding hydrogens is 188 g/mol. The normalized spacial score (nSPS) is 21.9. The third-order valence-corrected chi connectivity index (χ3v) is 1.89. The van der Waals surface area contributed by atoms with Gasteiger partial charge in [0.15, 0.2) is 0 Å². The molecule has 0 aromatic rings. The zero-order valence-corrected chi connectivity index (χ0v) is 8.06. The molecule has 1 aliphatic rings. The molecule has 1 atom stereocenters. The predicted molar refractivity (Wildman–Crippen MR) is 47.5 cm³/mol. The summed E-state index contributed by atoms with van der Waals surface area (Å²) in [6.45, 7) is 2.78. The van der Waals surface area contributed by atoms with Crippen LogP contribution in [0.1, 0.15) is 6.92 Å². The number of amides is 1. The molecule has 1 rings (SSSR count). The predicted octanol–water partition coefficient (Wildman–Crippen LogP) is -0.671. The van der Waals surface area contributed by atoms with E-state index in [2.05, 4.69) is 4.74 Å². The summed E-state index contributed by atoms with van der Waals surface area (Å²) < 4.78 is 9.69. The van der Waals surface area contributed by atoms with Gasteiger partial charge in [0, 0.05) is 20.0 Å². The zero-order chi connectivity index (χ0) is 10.6. The lowest BCUT2D eigenvalue weighted by atomic mass is 10.3. The molecule has 0 bridgehead atoms. The standard InChI is InChI=1S/C8H14N2O4/c1-6(11)14-8(12)10-2-3-13-7(4-9)5-10/h7H,2-5,9H2,1H3/t7-/m1/s1. The number of esters is 1. The lowest BCUT2D eigenvalue weighted by Gasteiger charge is -2.31. The molecule has 1 saturated heterocycles. The summed E-state index contributed by atoms with van der Waals surface area (Å²) in [6, 6.07) is 0. The van der Waals surface area contributed by atoms with E-state index in [1.54, 1.807) is 0 Å². The van der Waals surface area contributed by atoms with Crippen molar-refractivity contribution in [1.82, 2.24) is 4.90 Å². The van der Waals surface area contributed by atoms with Crippen LogP contribution in [-0.2, 0) is 14.3 Å². The molecule has 1 aliphatic heterocycles. The summed E-state index contributed by atoms with van der Waals surface area (Å²) in [4.78, 5) is 23.2. The van der Waals surface area contributed by atoms with E-state index in [4.69, 9.17) is 10.5 Å². The molecule has 1 heterocycles. The molecule has 1 fully saturated rings. The summed E-state index contributed by atoms with van der Waals surface area (Å²) in [5.41, 5.74) is 5.40. The number of rotatable bonds is 1. The van der Waals surface area contributed by atoms with Crippen molar-refractivity contribution in [1.29, 1.82) is 0 Å². The van der Waals surface area contributed by atoms with Crippen molar-refractivity contribution in [3.63, 3.8) is 0 Å². The first-order valence-corrected chi connectivity index (χ1v) is 4.42. The molecule has 0 unspecified atom stereocenters. The molecule has 2 N–H and O–H groups in total. The number of hydrogen-bond donors (Lipinski definition) is 1. The van der Waals surface area contributed by atoms with Crippen LogP contribution >= 0.6 is 0 Å². The van der Waals surface area contributed by atoms with Crippen LogP contribution in [0.2, 0.25) is 0 Å². The van der Waals surface area contributed by atoms with E-state index in [0.29, 0.717) is 26.2 Å². The third kappa shape index (κ3) is 2.97. The molecule has 0 aromatic heterocycles. The van der Waals surface area contributed by atoms with Crippen molar-refractivity contribution < 1.29 is 19.1 Å². The molecule has 0 radical (unpaired) electrons. The van der Waals surface area contributed by atoms with Crippen LogP contribution in [0, 0.1) is 0 Å². The SMILES string of the molecule is CC(=O)OC(=O)N1CCO[C@H](CN)C1. The Bertz CT molecular complexity index is 231. The number of morpholine rings is 1. The average Bonchev–Trinajstić information content (AvgIpc) is 2.17. The molecule has 0 aromatic carbocycles. The fourth-order valence-electron chi connectivity index (χ4n) is 1.22. The van der Waals surface area contributed by atoms with Gasteiger partial charge in [0.05, 0.1) is 19.3 Å². The van der Waals surface area contributed by atoms with E-state index in [0.717, 1.165) is 0 Å². The lowest BCUT2D eigenvalue weighted by molar-refractivity contribution is -0.136. The Kier molecular flexibility index (Phi) is 3.84. The summed E-state index contributed by atoms with van der Waals surface area (Å²) in [5, 5.41) is 0. The van der Waals surface area contributed by atoms with Gasteiger partial charge in [-0.1, -0.05) is 0 Å². The molecule has 6 nitrogen and oxygen atoms in total. The van der Waals surface area contributed by atoms with E-state index in [1.165, 1.54) is 11.8 Å². The maximum absolute atomic E-state index is 11.3. The Labute approximate surface area is 81.9 Å². The molecule has 0 saturated carbocycles. The third-order valence-electron chi connectivity index (χ3n) is 1.89. The van der Waals surface area contributed by atoms with Gasteiger partial charge in [0.2, 0.25) is 0 Å². The first-order chi connectivity index (χ1) is 6.63. The smallest absolute Gasteiger partial charge is 0.376 e. The van der Waals surface area contributed by atoms with E-state index in [-0.39, 0.29) is 6.10 Å². The quantitative estimate of drug-likeness (QED) is 0.450. The number of hydrogen-bond acceptors (Lipinski definition) is 5. The van der Waals surface area contributed by atoms with Gasteiger partial charge >= 0.3 is 12.1 Å². The highest BCUT2D eigenvalue weighted by Crippen LogP contribution is 2.05. The highest BCUT2D eigenvalue weighted by molar-refractivity contribution is 5.83. The Morgan fingerprint density at radius 1 is 1.64 bits per heavy atom. The first kappa shape index (κ1) is 10.9. The number of ether oxygens (including phenoxy) is 2. The van der Waals surface area contributed by atoms with E-state index in [1.807, 2.05) is 0 Å². The Morgan fingerprint density at radius 2 is 2.36 bits per heavy atom. The molecule has 6 heteroatoms. The minimum atomic E-state index is -0.626. The topological polar surface area (TPSA) is 81.9 Å². The fraction of sp³-hybridized carbons (Fsp3) is 0.750. The second-order valence-electron chi connectivity index (χ2n) is 3.03. The van der Waals surface area contributed by atoms with Gasteiger partial charge in [-0.3, -0.25) is 4.79 Å². The van der Waals surface area contributed by atoms with Crippen molar-refractivity contribution in [2.75, 3.05) is 26.2 Å². The maximum atomic E-state index is 11.3. The van der Waals surface area contributed by atoms with Crippen molar-refractivity contribution in [2.45, 2.75) is 13.0 Å². The Hall–Kier alpha value is -1.14. The molecule has 0 aliphatic carbocycles. The van der Waals surface area contributed by atoms with Gasteiger partial charge in [0.1, 0.15) is 0 Å². The van der Waals surface area contributed by atoms with E-state index >= 15 is 0 Å². The van der Waals surface area contributed by atoms with E-state index < -0.39 is 12.1 Å². The monoisotopic (exact) mass is 202 g/mol. The summed E-state index contributed by atoms with van der Waals surface area (Å²) in [6.07, 6.45) is -0.789. The van der Waals surface area contributed by atoms with Crippen LogP contribution in [0.5, 0.6) is 0 Å². The maximum Gasteiger partial charge on any atom is 0.417 e. The Morgan fingerprint density at radius 3 is 2.93 bits per heavy atom. The van der Waals surface area contributed by atoms with Gasteiger partial charge < -0.3 is 20.1 Å². The second-order valence-corrected chi connectivity index (χ2v) is 3.03. The highest BCUT2D eigenvalue weighted by atomic mass is 16.6. The van der Waals surface area contributed by atoms with Crippen LogP contribution in [0.3, 0.4) is 0 Å². The zero-order valence-electron chi connectivity index (χ0n) is 8.06. The van der Waals surface area contributed by atoms with Gasteiger partial charge in [-0.15, -0.1) is 0 Å². The van der Waals surface area contributed by atoms with Crippen LogP contribution in [0.15, 0.2) is 0 Å². The van der Waals surface area contributed by atoms with Crippen LogP contribution in [-0.4, -0.2) is 49.3 Å². The number of carbonyl (C=O) groups is 2. The molecule has 1 amide bonds. The van der Waals surface area contributed by atoms with Crippen LogP contribution < -0.4 is 5.73 Å². The second kappa shape index (κ2) is 4.92. The first-order valence-electron chi connectivity index (χ1n) is 4.42. The average molecular weight is 202 g/mol.